The van der Waals surface area contributed by atoms with Crippen LogP contribution in [0.5, 0.6) is 0 Å². The van der Waals surface area contributed by atoms with Gasteiger partial charge in [-0.3, -0.25) is 9.13 Å². The Morgan fingerprint density at radius 1 is 0.514 bits per heavy atom. The van der Waals surface area contributed by atoms with Crippen LogP contribution in [0.1, 0.15) is 0 Å². The molecule has 0 aliphatic heterocycles. The van der Waals surface area contributed by atoms with Crippen molar-refractivity contribution in [2.24, 2.45) is 0 Å². The van der Waals surface area contributed by atoms with Gasteiger partial charge in [0.05, 0.1) is 5.52 Å². The normalized spacial score (nSPS) is 11.8. The molecule has 8 aromatic rings. The Balaban J connectivity index is 1.59. The van der Waals surface area contributed by atoms with Crippen LogP contribution in [0.4, 0.5) is 0 Å². The molecule has 0 aliphatic carbocycles. The van der Waals surface area contributed by atoms with Crippen molar-refractivity contribution in [3.05, 3.63) is 127 Å². The quantitative estimate of drug-likeness (QED) is 0.275. The molecule has 1 N–H and O–H groups in total. The number of H-pyrrole nitrogens is 1. The van der Waals surface area contributed by atoms with Crippen molar-refractivity contribution in [1.29, 1.82) is 0 Å². The first-order valence-corrected chi connectivity index (χ1v) is 12.5. The van der Waals surface area contributed by atoms with Gasteiger partial charge in [-0.1, -0.05) is 84.9 Å². The standard InChI is InChI=1S/C33H22N4/c1-4-12-22(13-5-1)32-35-33-31(37(32)24-16-8-3-9-17-24)27-20-29-26(25-18-10-11-19-28(25)34-29)21-30(27)36(33)23-14-6-2-7-15-23/h1-21,34H. The largest absolute Gasteiger partial charge is 0.354 e. The number of hydrogen-bond acceptors (Lipinski definition) is 1. The summed E-state index contributed by atoms with van der Waals surface area (Å²) in [5, 5.41) is 3.61. The van der Waals surface area contributed by atoms with E-state index in [4.69, 9.17) is 4.98 Å². The van der Waals surface area contributed by atoms with E-state index in [2.05, 4.69) is 135 Å². The van der Waals surface area contributed by atoms with Crippen molar-refractivity contribution >= 4 is 43.9 Å². The van der Waals surface area contributed by atoms with Crippen LogP contribution in [0, 0.1) is 0 Å². The van der Waals surface area contributed by atoms with Crippen LogP contribution in [0.3, 0.4) is 0 Å². The molecule has 0 saturated carbocycles. The second-order valence-corrected chi connectivity index (χ2v) is 9.40. The second kappa shape index (κ2) is 7.70. The molecule has 0 bridgehead atoms. The third kappa shape index (κ3) is 2.93. The fourth-order valence-corrected chi connectivity index (χ4v) is 5.63. The molecular weight excluding hydrogens is 452 g/mol. The zero-order chi connectivity index (χ0) is 24.3. The lowest BCUT2D eigenvalue weighted by Crippen LogP contribution is -1.98. The monoisotopic (exact) mass is 474 g/mol. The average molecular weight is 475 g/mol. The van der Waals surface area contributed by atoms with Gasteiger partial charge < -0.3 is 4.98 Å². The predicted molar refractivity (Wildman–Crippen MR) is 153 cm³/mol. The maximum atomic E-state index is 5.33. The first-order chi connectivity index (χ1) is 18.4. The molecule has 0 radical (unpaired) electrons. The minimum absolute atomic E-state index is 0.931. The van der Waals surface area contributed by atoms with Gasteiger partial charge in [-0.05, 0) is 42.5 Å². The van der Waals surface area contributed by atoms with Gasteiger partial charge in [0.15, 0.2) is 5.65 Å². The van der Waals surface area contributed by atoms with Gasteiger partial charge in [0.25, 0.3) is 0 Å². The summed E-state index contributed by atoms with van der Waals surface area (Å²) in [6, 6.07) is 44.6. The van der Waals surface area contributed by atoms with Crippen LogP contribution in [0.2, 0.25) is 0 Å². The van der Waals surface area contributed by atoms with Gasteiger partial charge in [0.2, 0.25) is 0 Å². The molecule has 3 heterocycles. The Labute approximate surface area is 213 Å². The molecule has 0 amide bonds. The highest BCUT2D eigenvalue weighted by molar-refractivity contribution is 6.17. The maximum Gasteiger partial charge on any atom is 0.165 e. The van der Waals surface area contributed by atoms with Crippen LogP contribution < -0.4 is 0 Å². The van der Waals surface area contributed by atoms with Crippen molar-refractivity contribution in [2.75, 3.05) is 0 Å². The molecule has 0 saturated heterocycles. The number of rotatable bonds is 3. The number of nitrogens with zero attached hydrogens (tertiary/aromatic N) is 3. The van der Waals surface area contributed by atoms with E-state index < -0.39 is 0 Å². The van der Waals surface area contributed by atoms with Crippen LogP contribution >= 0.6 is 0 Å². The molecule has 174 valence electrons. The molecule has 0 aliphatic rings. The predicted octanol–water partition coefficient (Wildman–Crippen LogP) is 8.27. The summed E-state index contributed by atoms with van der Waals surface area (Å²) in [7, 11) is 0. The van der Waals surface area contributed by atoms with Crippen molar-refractivity contribution in [3.63, 3.8) is 0 Å². The topological polar surface area (TPSA) is 38.5 Å². The van der Waals surface area contributed by atoms with E-state index in [1.54, 1.807) is 0 Å². The fraction of sp³-hybridized carbons (Fsp3) is 0. The highest BCUT2D eigenvalue weighted by Gasteiger charge is 2.23. The van der Waals surface area contributed by atoms with Gasteiger partial charge >= 0.3 is 0 Å². The minimum atomic E-state index is 0.931. The van der Waals surface area contributed by atoms with Gasteiger partial charge in [-0.2, -0.15) is 0 Å². The van der Waals surface area contributed by atoms with E-state index in [0.717, 1.165) is 55.9 Å². The van der Waals surface area contributed by atoms with Crippen molar-refractivity contribution < 1.29 is 0 Å². The van der Waals surface area contributed by atoms with E-state index in [9.17, 15) is 0 Å². The highest BCUT2D eigenvalue weighted by atomic mass is 15.2. The Morgan fingerprint density at radius 3 is 1.86 bits per heavy atom. The maximum absolute atomic E-state index is 5.33. The first-order valence-electron chi connectivity index (χ1n) is 12.5. The molecular formula is C33H22N4. The number of para-hydroxylation sites is 3. The summed E-state index contributed by atoms with van der Waals surface area (Å²) in [4.78, 5) is 8.97. The highest BCUT2D eigenvalue weighted by Crippen LogP contribution is 2.40. The Hall–Kier alpha value is -5.09. The first kappa shape index (κ1) is 20.1. The lowest BCUT2D eigenvalue weighted by atomic mass is 10.1. The molecule has 4 nitrogen and oxygen atoms in total. The van der Waals surface area contributed by atoms with Crippen LogP contribution in [-0.2, 0) is 0 Å². The van der Waals surface area contributed by atoms with Crippen LogP contribution in [-0.4, -0.2) is 19.1 Å². The molecule has 0 unspecified atom stereocenters. The molecule has 0 spiro atoms. The molecule has 5 aromatic carbocycles. The zero-order valence-electron chi connectivity index (χ0n) is 20.0. The number of hydrogen-bond donors (Lipinski definition) is 1. The van der Waals surface area contributed by atoms with Gasteiger partial charge in [0, 0.05) is 44.1 Å². The number of nitrogens with one attached hydrogen (secondary N) is 1. The molecule has 3 aromatic heterocycles. The van der Waals surface area contributed by atoms with Gasteiger partial charge in [-0.15, -0.1) is 0 Å². The summed E-state index contributed by atoms with van der Waals surface area (Å²) in [6.45, 7) is 0. The average Bonchev–Trinajstić information content (AvgIpc) is 3.62. The number of aromatic nitrogens is 4. The number of benzene rings is 5. The summed E-state index contributed by atoms with van der Waals surface area (Å²) in [5.41, 5.74) is 8.74. The fourth-order valence-electron chi connectivity index (χ4n) is 5.63. The molecule has 8 rings (SSSR count). The molecule has 4 heteroatoms. The van der Waals surface area contributed by atoms with E-state index in [1.165, 1.54) is 10.8 Å². The van der Waals surface area contributed by atoms with Crippen molar-refractivity contribution in [3.8, 4) is 22.8 Å². The van der Waals surface area contributed by atoms with E-state index in [0.29, 0.717) is 0 Å². The number of aromatic amines is 1. The van der Waals surface area contributed by atoms with E-state index in [-0.39, 0.29) is 0 Å². The number of imidazole rings is 1. The Bertz CT molecular complexity index is 2060. The Kier molecular flexibility index (Phi) is 4.19. The lowest BCUT2D eigenvalue weighted by molar-refractivity contribution is 1.10. The van der Waals surface area contributed by atoms with E-state index in [1.807, 2.05) is 6.07 Å². The summed E-state index contributed by atoms with van der Waals surface area (Å²) in [6.07, 6.45) is 0. The second-order valence-electron chi connectivity index (χ2n) is 9.40. The van der Waals surface area contributed by atoms with E-state index >= 15 is 0 Å². The number of fused-ring (bicyclic) bond motifs is 6. The van der Waals surface area contributed by atoms with Crippen molar-refractivity contribution in [2.45, 2.75) is 0 Å². The molecule has 0 fully saturated rings. The SMILES string of the molecule is c1ccc(-c2nc3c(c4cc5[nH]c6ccccc6c5cc4n3-c3ccccc3)n2-c2ccccc2)cc1. The summed E-state index contributed by atoms with van der Waals surface area (Å²) in [5.74, 6) is 0.931. The van der Waals surface area contributed by atoms with Crippen LogP contribution in [0.15, 0.2) is 127 Å². The minimum Gasteiger partial charge on any atom is -0.354 e. The molecule has 0 atom stereocenters. The third-order valence-corrected chi connectivity index (χ3v) is 7.25. The zero-order valence-corrected chi connectivity index (χ0v) is 20.0. The molecule has 37 heavy (non-hydrogen) atoms. The third-order valence-electron chi connectivity index (χ3n) is 7.25. The summed E-state index contributed by atoms with van der Waals surface area (Å²) >= 11 is 0. The lowest BCUT2D eigenvalue weighted by Gasteiger charge is -2.10. The van der Waals surface area contributed by atoms with Gasteiger partial charge in [-0.25, -0.2) is 4.98 Å². The summed E-state index contributed by atoms with van der Waals surface area (Å²) < 4.78 is 4.61. The van der Waals surface area contributed by atoms with Crippen LogP contribution in [0.25, 0.3) is 66.6 Å². The van der Waals surface area contributed by atoms with Gasteiger partial charge in [0.1, 0.15) is 11.3 Å². The Morgan fingerprint density at radius 2 is 1.14 bits per heavy atom. The van der Waals surface area contributed by atoms with Crippen molar-refractivity contribution in [1.82, 2.24) is 19.1 Å². The smallest absolute Gasteiger partial charge is 0.165 e.